The van der Waals surface area contributed by atoms with Crippen molar-refractivity contribution in [2.75, 3.05) is 31.1 Å². The van der Waals surface area contributed by atoms with Gasteiger partial charge >= 0.3 is 6.09 Å². The number of cyclic esters (lactones) is 1. The SMILES string of the molecule is O=C1COC(=O)N1Cc1cc2nccc(-c3cc(Cl)cc4c3N(C3CNC3)CCC4)c2s1.O=CO. The van der Waals surface area contributed by atoms with E-state index in [-0.39, 0.29) is 25.5 Å². The number of fused-ring (bicyclic) bond motifs is 2. The number of rotatable bonds is 4. The van der Waals surface area contributed by atoms with Crippen molar-refractivity contribution >= 4 is 57.3 Å². The molecule has 3 aliphatic heterocycles. The number of benzene rings is 1. The summed E-state index contributed by atoms with van der Waals surface area (Å²) in [5.74, 6) is -0.311. The van der Waals surface area contributed by atoms with E-state index in [4.69, 9.17) is 26.2 Å². The number of thiophene rings is 1. The van der Waals surface area contributed by atoms with Gasteiger partial charge in [-0.1, -0.05) is 11.6 Å². The van der Waals surface area contributed by atoms with Crippen molar-refractivity contribution in [3.8, 4) is 11.1 Å². The molecule has 0 saturated carbocycles. The zero-order chi connectivity index (χ0) is 24.5. The summed E-state index contributed by atoms with van der Waals surface area (Å²) in [4.78, 5) is 41.3. The fraction of sp³-hybridized carbons (Fsp3) is 0.333. The zero-order valence-corrected chi connectivity index (χ0v) is 20.3. The Morgan fingerprint density at radius 1 is 1.26 bits per heavy atom. The molecule has 1 aromatic carbocycles. The molecule has 2 aromatic heterocycles. The molecule has 11 heteroatoms. The summed E-state index contributed by atoms with van der Waals surface area (Å²) in [7, 11) is 0. The standard InChI is InChI=1S/C23H21ClN4O3S.CH2O2/c24-14-6-13-2-1-5-27(15-9-25-10-15)21(13)18(7-14)17-3-4-26-19-8-16(32-22(17)19)11-28-20(29)12-31-23(28)30;2-1-3/h3-4,6-8,15,25H,1-2,5,9-12H2;1H,(H,2,3). The maximum atomic E-state index is 12.0. The molecule has 2 amide bonds. The van der Waals surface area contributed by atoms with Gasteiger partial charge in [-0.15, -0.1) is 11.3 Å². The molecular formula is C24H23ClN4O5S. The van der Waals surface area contributed by atoms with E-state index in [9.17, 15) is 9.59 Å². The Morgan fingerprint density at radius 2 is 2.06 bits per heavy atom. The number of ether oxygens (including phenoxy) is 1. The van der Waals surface area contributed by atoms with Crippen molar-refractivity contribution in [3.05, 3.63) is 45.9 Å². The molecule has 3 aromatic rings. The second kappa shape index (κ2) is 9.80. The van der Waals surface area contributed by atoms with Crippen LogP contribution in [0.25, 0.3) is 21.3 Å². The predicted molar refractivity (Wildman–Crippen MR) is 133 cm³/mol. The Morgan fingerprint density at radius 3 is 2.74 bits per heavy atom. The molecule has 0 aliphatic carbocycles. The smallest absolute Gasteiger partial charge is 0.417 e. The monoisotopic (exact) mass is 514 g/mol. The first-order chi connectivity index (χ1) is 17.0. The number of aromatic nitrogens is 1. The molecule has 0 bridgehead atoms. The third kappa shape index (κ3) is 4.44. The fourth-order valence-corrected chi connectivity index (χ4v) is 6.14. The average molecular weight is 515 g/mol. The number of imide groups is 1. The minimum absolute atomic E-state index is 0.187. The second-order valence-electron chi connectivity index (χ2n) is 8.50. The molecular weight excluding hydrogens is 492 g/mol. The lowest BCUT2D eigenvalue weighted by molar-refractivity contribution is -0.126. The van der Waals surface area contributed by atoms with E-state index in [1.54, 1.807) is 11.3 Å². The zero-order valence-electron chi connectivity index (χ0n) is 18.7. The van der Waals surface area contributed by atoms with Crippen molar-refractivity contribution < 1.29 is 24.2 Å². The van der Waals surface area contributed by atoms with Crippen LogP contribution in [-0.2, 0) is 27.3 Å². The van der Waals surface area contributed by atoms with E-state index in [1.807, 2.05) is 18.3 Å². The molecule has 182 valence electrons. The van der Waals surface area contributed by atoms with Gasteiger partial charge in [0.1, 0.15) is 0 Å². The highest BCUT2D eigenvalue weighted by Crippen LogP contribution is 2.44. The number of aryl methyl sites for hydroxylation is 1. The number of carbonyl (C=O) groups excluding carboxylic acids is 2. The van der Waals surface area contributed by atoms with Crippen molar-refractivity contribution in [3.63, 3.8) is 0 Å². The van der Waals surface area contributed by atoms with Gasteiger partial charge in [0.05, 0.1) is 22.8 Å². The Bertz CT molecular complexity index is 1290. The molecule has 0 unspecified atom stereocenters. The lowest BCUT2D eigenvalue weighted by Gasteiger charge is -2.44. The molecule has 0 radical (unpaired) electrons. The number of pyridine rings is 1. The number of nitrogens with zero attached hydrogens (tertiary/aromatic N) is 3. The quantitative estimate of drug-likeness (QED) is 0.509. The fourth-order valence-electron chi connectivity index (χ4n) is 4.77. The van der Waals surface area contributed by atoms with Gasteiger partial charge in [-0.3, -0.25) is 14.6 Å². The van der Waals surface area contributed by atoms with E-state index in [0.29, 0.717) is 6.04 Å². The summed E-state index contributed by atoms with van der Waals surface area (Å²) >= 11 is 8.13. The molecule has 0 spiro atoms. The van der Waals surface area contributed by atoms with Crippen LogP contribution in [0.2, 0.25) is 5.02 Å². The Kier molecular flexibility index (Phi) is 6.59. The molecule has 2 fully saturated rings. The maximum Gasteiger partial charge on any atom is 0.417 e. The highest BCUT2D eigenvalue weighted by molar-refractivity contribution is 7.19. The lowest BCUT2D eigenvalue weighted by Crippen LogP contribution is -2.58. The summed E-state index contributed by atoms with van der Waals surface area (Å²) in [6.45, 7) is 2.79. The van der Waals surface area contributed by atoms with Gasteiger partial charge in [0.15, 0.2) is 6.61 Å². The second-order valence-corrected chi connectivity index (χ2v) is 10.1. The Balaban J connectivity index is 0.000000806. The van der Waals surface area contributed by atoms with E-state index in [2.05, 4.69) is 27.3 Å². The van der Waals surface area contributed by atoms with Crippen LogP contribution in [0.5, 0.6) is 0 Å². The Hall–Kier alpha value is -3.21. The molecule has 5 heterocycles. The van der Waals surface area contributed by atoms with Gasteiger partial charge in [-0.2, -0.15) is 0 Å². The van der Waals surface area contributed by atoms with E-state index < -0.39 is 6.09 Å². The summed E-state index contributed by atoms with van der Waals surface area (Å²) in [6.07, 6.45) is 3.37. The van der Waals surface area contributed by atoms with Crippen LogP contribution in [0.4, 0.5) is 10.5 Å². The summed E-state index contributed by atoms with van der Waals surface area (Å²) in [6, 6.07) is 8.64. The van der Waals surface area contributed by atoms with Crippen molar-refractivity contribution in [2.45, 2.75) is 25.4 Å². The van der Waals surface area contributed by atoms with Gasteiger partial charge < -0.3 is 20.1 Å². The first kappa shape index (κ1) is 23.5. The highest BCUT2D eigenvalue weighted by Gasteiger charge is 2.33. The topological polar surface area (TPSA) is 112 Å². The summed E-state index contributed by atoms with van der Waals surface area (Å²) in [5, 5.41) is 11.0. The Labute approximate surface area is 210 Å². The third-order valence-corrected chi connectivity index (χ3v) is 7.75. The minimum atomic E-state index is -0.589. The van der Waals surface area contributed by atoms with Crippen molar-refractivity contribution in [1.29, 1.82) is 0 Å². The molecule has 0 atom stereocenters. The van der Waals surface area contributed by atoms with Crippen molar-refractivity contribution in [1.82, 2.24) is 15.2 Å². The molecule has 2 N–H and O–H groups in total. The molecule has 35 heavy (non-hydrogen) atoms. The number of hydrogen-bond acceptors (Lipinski definition) is 8. The number of carbonyl (C=O) groups is 3. The first-order valence-corrected chi connectivity index (χ1v) is 12.4. The van der Waals surface area contributed by atoms with E-state index in [0.717, 1.165) is 68.6 Å². The van der Waals surface area contributed by atoms with E-state index >= 15 is 0 Å². The number of carboxylic acid groups (broad SMARTS) is 1. The molecule has 9 nitrogen and oxygen atoms in total. The van der Waals surface area contributed by atoms with Crippen LogP contribution >= 0.6 is 22.9 Å². The highest BCUT2D eigenvalue weighted by atomic mass is 35.5. The summed E-state index contributed by atoms with van der Waals surface area (Å²) < 4.78 is 5.88. The number of halogens is 1. The summed E-state index contributed by atoms with van der Waals surface area (Å²) in [5.41, 5.74) is 5.62. The number of hydrogen-bond donors (Lipinski definition) is 2. The first-order valence-electron chi connectivity index (χ1n) is 11.2. The van der Waals surface area contributed by atoms with E-state index in [1.165, 1.54) is 11.3 Å². The van der Waals surface area contributed by atoms with Crippen LogP contribution in [0, 0.1) is 0 Å². The van der Waals surface area contributed by atoms with Crippen LogP contribution in [-0.4, -0.2) is 65.7 Å². The van der Waals surface area contributed by atoms with Crippen LogP contribution in [0.3, 0.4) is 0 Å². The maximum absolute atomic E-state index is 12.0. The van der Waals surface area contributed by atoms with Crippen LogP contribution in [0.15, 0.2) is 30.5 Å². The van der Waals surface area contributed by atoms with Crippen LogP contribution in [0.1, 0.15) is 16.9 Å². The molecule has 3 aliphatic rings. The lowest BCUT2D eigenvalue weighted by atomic mass is 9.92. The van der Waals surface area contributed by atoms with Crippen molar-refractivity contribution in [2.24, 2.45) is 0 Å². The number of anilines is 1. The third-order valence-electron chi connectivity index (χ3n) is 6.39. The van der Waals surface area contributed by atoms with Gasteiger partial charge in [-0.25, -0.2) is 9.69 Å². The molecule has 2 saturated heterocycles. The predicted octanol–water partition coefficient (Wildman–Crippen LogP) is 3.52. The van der Waals surface area contributed by atoms with Crippen LogP contribution < -0.4 is 10.2 Å². The number of amides is 2. The van der Waals surface area contributed by atoms with Gasteiger partial charge in [0.2, 0.25) is 0 Å². The molecule has 6 rings (SSSR count). The largest absolute Gasteiger partial charge is 0.483 e. The average Bonchev–Trinajstić information content (AvgIpc) is 3.36. The minimum Gasteiger partial charge on any atom is -0.483 e. The van der Waals surface area contributed by atoms with Gasteiger partial charge in [0.25, 0.3) is 12.4 Å². The normalized spacial score (nSPS) is 17.5. The number of nitrogens with one attached hydrogen (secondary N) is 1. The van der Waals surface area contributed by atoms with Gasteiger partial charge in [-0.05, 0) is 42.7 Å². The van der Waals surface area contributed by atoms with Gasteiger partial charge in [0, 0.05) is 52.5 Å².